The molecule has 1 atom stereocenters. The lowest BCUT2D eigenvalue weighted by Gasteiger charge is -2.33. The molecule has 1 amide bonds. The molecule has 3 heterocycles. The molecule has 0 aliphatic carbocycles. The van der Waals surface area contributed by atoms with E-state index in [-0.39, 0.29) is 23.1 Å². The van der Waals surface area contributed by atoms with Crippen LogP contribution in [-0.2, 0) is 4.74 Å². The van der Waals surface area contributed by atoms with Crippen LogP contribution in [0.25, 0.3) is 0 Å². The molecule has 0 bridgehead atoms. The SMILES string of the molecule is Cc1cc(C)c(C(=O)NC[C@@H](c2ccc(C)o2)N2CCOCC2)c(=O)[nH]1. The lowest BCUT2D eigenvalue weighted by Crippen LogP contribution is -2.44. The Morgan fingerprint density at radius 2 is 2.00 bits per heavy atom. The second-order valence-corrected chi connectivity index (χ2v) is 6.66. The molecule has 2 aromatic rings. The number of rotatable bonds is 5. The summed E-state index contributed by atoms with van der Waals surface area (Å²) in [5.74, 6) is 1.26. The van der Waals surface area contributed by atoms with Gasteiger partial charge in [0.05, 0.1) is 19.3 Å². The van der Waals surface area contributed by atoms with Crippen LogP contribution in [0.2, 0.25) is 0 Å². The molecule has 7 heteroatoms. The highest BCUT2D eigenvalue weighted by molar-refractivity contribution is 5.95. The Morgan fingerprint density at radius 3 is 2.62 bits per heavy atom. The van der Waals surface area contributed by atoms with E-state index in [2.05, 4.69) is 15.2 Å². The van der Waals surface area contributed by atoms with E-state index in [1.54, 1.807) is 19.9 Å². The number of H-pyrrole nitrogens is 1. The maximum absolute atomic E-state index is 12.6. The molecule has 0 unspecified atom stereocenters. The van der Waals surface area contributed by atoms with Crippen molar-refractivity contribution >= 4 is 5.91 Å². The number of carbonyl (C=O) groups is 1. The van der Waals surface area contributed by atoms with E-state index in [9.17, 15) is 9.59 Å². The number of nitrogens with zero attached hydrogens (tertiary/aromatic N) is 1. The fourth-order valence-electron chi connectivity index (χ4n) is 3.34. The lowest BCUT2D eigenvalue weighted by molar-refractivity contribution is 0.0117. The van der Waals surface area contributed by atoms with Gasteiger partial charge in [0.15, 0.2) is 0 Å². The minimum Gasteiger partial charge on any atom is -0.465 e. The van der Waals surface area contributed by atoms with Gasteiger partial charge in [-0.05, 0) is 44.5 Å². The van der Waals surface area contributed by atoms with Gasteiger partial charge < -0.3 is 19.5 Å². The number of nitrogens with one attached hydrogen (secondary N) is 2. The molecule has 0 aromatic carbocycles. The number of aromatic amines is 1. The first kappa shape index (κ1) is 18.4. The molecule has 2 N–H and O–H groups in total. The zero-order chi connectivity index (χ0) is 18.7. The number of aromatic nitrogens is 1. The second-order valence-electron chi connectivity index (χ2n) is 6.66. The molecule has 7 nitrogen and oxygen atoms in total. The summed E-state index contributed by atoms with van der Waals surface area (Å²) < 4.78 is 11.2. The number of amides is 1. The van der Waals surface area contributed by atoms with Crippen LogP contribution in [0.4, 0.5) is 0 Å². The van der Waals surface area contributed by atoms with Gasteiger partial charge in [-0.1, -0.05) is 0 Å². The third-order valence-corrected chi connectivity index (χ3v) is 4.62. The fraction of sp³-hybridized carbons (Fsp3) is 0.474. The van der Waals surface area contributed by atoms with Gasteiger partial charge in [-0.2, -0.15) is 0 Å². The van der Waals surface area contributed by atoms with Crippen molar-refractivity contribution in [2.24, 2.45) is 0 Å². The summed E-state index contributed by atoms with van der Waals surface area (Å²) in [5, 5.41) is 2.90. The van der Waals surface area contributed by atoms with Gasteiger partial charge in [0.25, 0.3) is 11.5 Å². The molecule has 0 spiro atoms. The smallest absolute Gasteiger partial charge is 0.261 e. The average molecular weight is 359 g/mol. The number of hydrogen-bond acceptors (Lipinski definition) is 5. The number of carbonyl (C=O) groups excluding carboxylic acids is 1. The summed E-state index contributed by atoms with van der Waals surface area (Å²) in [5.41, 5.74) is 1.20. The van der Waals surface area contributed by atoms with E-state index in [1.807, 2.05) is 19.1 Å². The van der Waals surface area contributed by atoms with E-state index in [4.69, 9.17) is 9.15 Å². The van der Waals surface area contributed by atoms with Crippen LogP contribution >= 0.6 is 0 Å². The average Bonchev–Trinajstić information content (AvgIpc) is 3.01. The van der Waals surface area contributed by atoms with E-state index >= 15 is 0 Å². The molecule has 1 fully saturated rings. The van der Waals surface area contributed by atoms with E-state index in [0.717, 1.165) is 30.3 Å². The zero-order valence-electron chi connectivity index (χ0n) is 15.4. The Kier molecular flexibility index (Phi) is 5.58. The number of aryl methyl sites for hydroxylation is 3. The molecule has 1 aliphatic heterocycles. The van der Waals surface area contributed by atoms with Gasteiger partial charge >= 0.3 is 0 Å². The minimum absolute atomic E-state index is 0.0959. The Hall–Kier alpha value is -2.38. The van der Waals surface area contributed by atoms with Gasteiger partial charge in [0.1, 0.15) is 17.1 Å². The Morgan fingerprint density at radius 1 is 1.27 bits per heavy atom. The molecule has 3 rings (SSSR count). The van der Waals surface area contributed by atoms with Crippen LogP contribution in [0.5, 0.6) is 0 Å². The Labute approximate surface area is 152 Å². The highest BCUT2D eigenvalue weighted by atomic mass is 16.5. The monoisotopic (exact) mass is 359 g/mol. The third kappa shape index (κ3) is 4.05. The topological polar surface area (TPSA) is 87.6 Å². The highest BCUT2D eigenvalue weighted by Gasteiger charge is 2.26. The largest absolute Gasteiger partial charge is 0.465 e. The van der Waals surface area contributed by atoms with Crippen molar-refractivity contribution in [3.05, 3.63) is 56.9 Å². The predicted molar refractivity (Wildman–Crippen MR) is 97.4 cm³/mol. The van der Waals surface area contributed by atoms with Crippen molar-refractivity contribution in [2.75, 3.05) is 32.8 Å². The predicted octanol–water partition coefficient (Wildman–Crippen LogP) is 1.70. The van der Waals surface area contributed by atoms with Crippen molar-refractivity contribution in [3.63, 3.8) is 0 Å². The number of furan rings is 1. The Bertz CT molecular complexity index is 834. The first-order chi connectivity index (χ1) is 12.5. The van der Waals surface area contributed by atoms with Gasteiger partial charge in [-0.15, -0.1) is 0 Å². The molecule has 1 saturated heterocycles. The Balaban J connectivity index is 1.77. The lowest BCUT2D eigenvalue weighted by atomic mass is 10.1. The number of ether oxygens (including phenoxy) is 1. The van der Waals surface area contributed by atoms with Crippen LogP contribution in [0.1, 0.15) is 39.2 Å². The maximum atomic E-state index is 12.6. The van der Waals surface area contributed by atoms with E-state index in [0.29, 0.717) is 25.3 Å². The van der Waals surface area contributed by atoms with Crippen molar-refractivity contribution < 1.29 is 13.9 Å². The zero-order valence-corrected chi connectivity index (χ0v) is 15.4. The number of pyridine rings is 1. The molecule has 2 aromatic heterocycles. The van der Waals surface area contributed by atoms with E-state index in [1.165, 1.54) is 0 Å². The van der Waals surface area contributed by atoms with Crippen molar-refractivity contribution in [3.8, 4) is 0 Å². The van der Waals surface area contributed by atoms with Crippen molar-refractivity contribution in [2.45, 2.75) is 26.8 Å². The number of morpholine rings is 1. The molecule has 26 heavy (non-hydrogen) atoms. The quantitative estimate of drug-likeness (QED) is 0.848. The van der Waals surface area contributed by atoms with Crippen LogP contribution in [-0.4, -0.2) is 48.6 Å². The highest BCUT2D eigenvalue weighted by Crippen LogP contribution is 2.23. The first-order valence-electron chi connectivity index (χ1n) is 8.82. The molecule has 0 saturated carbocycles. The van der Waals surface area contributed by atoms with Crippen molar-refractivity contribution in [1.29, 1.82) is 0 Å². The van der Waals surface area contributed by atoms with Gasteiger partial charge in [0.2, 0.25) is 0 Å². The normalized spacial score (nSPS) is 16.4. The molecule has 140 valence electrons. The van der Waals surface area contributed by atoms with Gasteiger partial charge in [-0.3, -0.25) is 14.5 Å². The second kappa shape index (κ2) is 7.88. The fourth-order valence-corrected chi connectivity index (χ4v) is 3.34. The maximum Gasteiger partial charge on any atom is 0.261 e. The first-order valence-corrected chi connectivity index (χ1v) is 8.82. The summed E-state index contributed by atoms with van der Waals surface area (Å²) in [7, 11) is 0. The minimum atomic E-state index is -0.370. The summed E-state index contributed by atoms with van der Waals surface area (Å²) >= 11 is 0. The number of hydrogen-bond donors (Lipinski definition) is 2. The summed E-state index contributed by atoms with van der Waals surface area (Å²) in [6, 6.07) is 5.55. The molecule has 0 radical (unpaired) electrons. The van der Waals surface area contributed by atoms with Crippen LogP contribution in [0, 0.1) is 20.8 Å². The molecular formula is C19H25N3O4. The van der Waals surface area contributed by atoms with Crippen LogP contribution in [0.3, 0.4) is 0 Å². The summed E-state index contributed by atoms with van der Waals surface area (Å²) in [6.45, 7) is 8.67. The summed E-state index contributed by atoms with van der Waals surface area (Å²) in [4.78, 5) is 29.7. The third-order valence-electron chi connectivity index (χ3n) is 4.62. The molecular weight excluding hydrogens is 334 g/mol. The van der Waals surface area contributed by atoms with E-state index < -0.39 is 0 Å². The molecule has 1 aliphatic rings. The van der Waals surface area contributed by atoms with Gasteiger partial charge in [0, 0.05) is 25.3 Å². The van der Waals surface area contributed by atoms with Gasteiger partial charge in [-0.25, -0.2) is 0 Å². The standard InChI is InChI=1S/C19H25N3O4/c1-12-10-13(2)21-19(24)17(12)18(23)20-11-15(16-5-4-14(3)26-16)22-6-8-25-9-7-22/h4-5,10,15H,6-9,11H2,1-3H3,(H,20,23)(H,21,24)/t15-/m0/s1. The van der Waals surface area contributed by atoms with Crippen molar-refractivity contribution in [1.82, 2.24) is 15.2 Å². The summed E-state index contributed by atoms with van der Waals surface area (Å²) in [6.07, 6.45) is 0. The van der Waals surface area contributed by atoms with Crippen LogP contribution < -0.4 is 10.9 Å². The van der Waals surface area contributed by atoms with Crippen LogP contribution in [0.15, 0.2) is 27.4 Å².